The van der Waals surface area contributed by atoms with Crippen molar-refractivity contribution in [3.8, 4) is 6.07 Å². The van der Waals surface area contributed by atoms with Gasteiger partial charge in [-0.3, -0.25) is 0 Å². The minimum atomic E-state index is 0.476. The first-order chi connectivity index (χ1) is 9.38. The molecular formula is C16H16N2S. The molecule has 2 aromatic carbocycles. The van der Waals surface area contributed by atoms with E-state index in [1.807, 2.05) is 42.1 Å². The third kappa shape index (κ3) is 4.69. The van der Waals surface area contributed by atoms with Crippen molar-refractivity contribution in [2.75, 3.05) is 17.6 Å². The van der Waals surface area contributed by atoms with Crippen LogP contribution in [0.15, 0.2) is 59.5 Å². The maximum atomic E-state index is 8.60. The fraction of sp³-hybridized carbons (Fsp3) is 0.188. The van der Waals surface area contributed by atoms with E-state index < -0.39 is 0 Å². The van der Waals surface area contributed by atoms with Gasteiger partial charge in [0, 0.05) is 22.9 Å². The molecule has 0 atom stereocenters. The normalized spacial score (nSPS) is 9.84. The average Bonchev–Trinajstić information content (AvgIpc) is 2.47. The van der Waals surface area contributed by atoms with Crippen molar-refractivity contribution >= 4 is 17.4 Å². The minimum Gasteiger partial charge on any atom is -0.384 e. The summed E-state index contributed by atoms with van der Waals surface area (Å²) in [6.45, 7) is 0.928. The van der Waals surface area contributed by atoms with E-state index in [4.69, 9.17) is 5.26 Å². The molecule has 1 N–H and O–H groups in total. The van der Waals surface area contributed by atoms with Gasteiger partial charge in [-0.2, -0.15) is 5.26 Å². The Kier molecular flexibility index (Phi) is 5.33. The van der Waals surface area contributed by atoms with E-state index in [1.165, 1.54) is 4.90 Å². The summed E-state index contributed by atoms with van der Waals surface area (Å²) in [5.74, 6) is 1.03. The van der Waals surface area contributed by atoms with E-state index in [9.17, 15) is 0 Å². The lowest BCUT2D eigenvalue weighted by molar-refractivity contribution is 1.21. The van der Waals surface area contributed by atoms with Crippen LogP contribution in [0.3, 0.4) is 0 Å². The zero-order valence-electron chi connectivity index (χ0n) is 10.7. The Hall–Kier alpha value is -1.92. The van der Waals surface area contributed by atoms with Crippen LogP contribution in [0.1, 0.15) is 5.56 Å². The summed E-state index contributed by atoms with van der Waals surface area (Å²) in [7, 11) is 0. The molecule has 0 bridgehead atoms. The third-order valence-electron chi connectivity index (χ3n) is 2.68. The fourth-order valence-corrected chi connectivity index (χ4v) is 2.50. The van der Waals surface area contributed by atoms with E-state index >= 15 is 0 Å². The van der Waals surface area contributed by atoms with E-state index in [-0.39, 0.29) is 0 Å². The van der Waals surface area contributed by atoms with Crippen molar-refractivity contribution in [2.45, 2.75) is 11.3 Å². The summed E-state index contributed by atoms with van der Waals surface area (Å²) in [6.07, 6.45) is 0.476. The standard InChI is InChI=1S/C16H16N2S/c17-11-10-14-6-8-15(9-7-14)18-12-13-19-16-4-2-1-3-5-16/h1-9,18H,10,12-13H2. The van der Waals surface area contributed by atoms with Crippen molar-refractivity contribution in [1.82, 2.24) is 0 Å². The molecule has 2 aromatic rings. The maximum absolute atomic E-state index is 8.60. The van der Waals surface area contributed by atoms with Crippen LogP contribution in [-0.4, -0.2) is 12.3 Å². The highest BCUT2D eigenvalue weighted by Gasteiger charge is 1.95. The van der Waals surface area contributed by atoms with Gasteiger partial charge in [-0.25, -0.2) is 0 Å². The van der Waals surface area contributed by atoms with Crippen LogP contribution in [0.2, 0.25) is 0 Å². The summed E-state index contributed by atoms with van der Waals surface area (Å²) in [6, 6.07) is 20.6. The number of benzene rings is 2. The number of hydrogen-bond donors (Lipinski definition) is 1. The number of nitrogens with zero attached hydrogens (tertiary/aromatic N) is 1. The van der Waals surface area contributed by atoms with Crippen molar-refractivity contribution in [2.24, 2.45) is 0 Å². The van der Waals surface area contributed by atoms with Gasteiger partial charge in [0.15, 0.2) is 0 Å². The first-order valence-corrected chi connectivity index (χ1v) is 7.24. The van der Waals surface area contributed by atoms with Crippen LogP contribution in [0.4, 0.5) is 5.69 Å². The monoisotopic (exact) mass is 268 g/mol. The number of rotatable bonds is 6. The zero-order valence-corrected chi connectivity index (χ0v) is 11.5. The van der Waals surface area contributed by atoms with Gasteiger partial charge in [0.25, 0.3) is 0 Å². The molecule has 0 saturated carbocycles. The molecule has 3 heteroatoms. The molecule has 0 radical (unpaired) electrons. The number of anilines is 1. The molecule has 0 saturated heterocycles. The van der Waals surface area contributed by atoms with Crippen molar-refractivity contribution in [1.29, 1.82) is 5.26 Å². The molecule has 2 nitrogen and oxygen atoms in total. The van der Waals surface area contributed by atoms with Crippen molar-refractivity contribution in [3.05, 3.63) is 60.2 Å². The molecule has 2 rings (SSSR count). The molecule has 0 aliphatic carbocycles. The Morgan fingerprint density at radius 1 is 1.00 bits per heavy atom. The van der Waals surface area contributed by atoms with Gasteiger partial charge < -0.3 is 5.32 Å². The van der Waals surface area contributed by atoms with Gasteiger partial charge in [-0.15, -0.1) is 11.8 Å². The molecule has 0 spiro atoms. The molecule has 0 aliphatic heterocycles. The Balaban J connectivity index is 1.72. The lowest BCUT2D eigenvalue weighted by Gasteiger charge is -2.06. The number of nitriles is 1. The Labute approximate surface area is 118 Å². The fourth-order valence-electron chi connectivity index (χ4n) is 1.71. The van der Waals surface area contributed by atoms with Crippen LogP contribution in [0.25, 0.3) is 0 Å². The van der Waals surface area contributed by atoms with Gasteiger partial charge in [0.1, 0.15) is 0 Å². The first kappa shape index (κ1) is 13.5. The van der Waals surface area contributed by atoms with Crippen LogP contribution < -0.4 is 5.32 Å². The van der Waals surface area contributed by atoms with Crippen LogP contribution in [-0.2, 0) is 6.42 Å². The number of thioether (sulfide) groups is 1. The van der Waals surface area contributed by atoms with Gasteiger partial charge in [-0.1, -0.05) is 30.3 Å². The van der Waals surface area contributed by atoms with E-state index in [0.717, 1.165) is 23.5 Å². The van der Waals surface area contributed by atoms with Crippen LogP contribution >= 0.6 is 11.8 Å². The van der Waals surface area contributed by atoms with Crippen molar-refractivity contribution < 1.29 is 0 Å². The molecule has 96 valence electrons. The van der Waals surface area contributed by atoms with Crippen LogP contribution in [0, 0.1) is 11.3 Å². The van der Waals surface area contributed by atoms with E-state index in [1.54, 1.807) is 0 Å². The maximum Gasteiger partial charge on any atom is 0.0669 e. The highest BCUT2D eigenvalue weighted by atomic mass is 32.2. The second kappa shape index (κ2) is 7.50. The molecule has 0 heterocycles. The Morgan fingerprint density at radius 2 is 1.74 bits per heavy atom. The van der Waals surface area contributed by atoms with Crippen LogP contribution in [0.5, 0.6) is 0 Å². The average molecular weight is 268 g/mol. The largest absolute Gasteiger partial charge is 0.384 e. The highest BCUT2D eigenvalue weighted by molar-refractivity contribution is 7.99. The summed E-state index contributed by atoms with van der Waals surface area (Å²) in [4.78, 5) is 1.30. The molecule has 0 aromatic heterocycles. The second-order valence-electron chi connectivity index (χ2n) is 4.12. The Bertz CT molecular complexity index is 529. The molecule has 19 heavy (non-hydrogen) atoms. The van der Waals surface area contributed by atoms with Gasteiger partial charge in [0.2, 0.25) is 0 Å². The quantitative estimate of drug-likeness (QED) is 0.636. The summed E-state index contributed by atoms with van der Waals surface area (Å²) in [5, 5.41) is 12.0. The summed E-state index contributed by atoms with van der Waals surface area (Å²) >= 11 is 1.85. The predicted octanol–water partition coefficient (Wildman–Crippen LogP) is 3.96. The minimum absolute atomic E-state index is 0.476. The highest BCUT2D eigenvalue weighted by Crippen LogP contribution is 2.17. The van der Waals surface area contributed by atoms with E-state index in [0.29, 0.717) is 6.42 Å². The molecule has 0 aliphatic rings. The topological polar surface area (TPSA) is 35.8 Å². The summed E-state index contributed by atoms with van der Waals surface area (Å²) in [5.41, 5.74) is 2.17. The zero-order chi connectivity index (χ0) is 13.3. The number of nitrogens with one attached hydrogen (secondary N) is 1. The lowest BCUT2D eigenvalue weighted by atomic mass is 10.1. The lowest BCUT2D eigenvalue weighted by Crippen LogP contribution is -2.03. The second-order valence-corrected chi connectivity index (χ2v) is 5.29. The Morgan fingerprint density at radius 3 is 2.42 bits per heavy atom. The van der Waals surface area contributed by atoms with E-state index in [2.05, 4.69) is 35.7 Å². The van der Waals surface area contributed by atoms with Crippen molar-refractivity contribution in [3.63, 3.8) is 0 Å². The predicted molar refractivity (Wildman–Crippen MR) is 81.4 cm³/mol. The molecule has 0 unspecified atom stereocenters. The molecular weight excluding hydrogens is 252 g/mol. The smallest absolute Gasteiger partial charge is 0.0669 e. The summed E-state index contributed by atoms with van der Waals surface area (Å²) < 4.78 is 0. The third-order valence-corrected chi connectivity index (χ3v) is 3.69. The number of hydrogen-bond acceptors (Lipinski definition) is 3. The van der Waals surface area contributed by atoms with Gasteiger partial charge in [-0.05, 0) is 29.8 Å². The first-order valence-electron chi connectivity index (χ1n) is 6.26. The SMILES string of the molecule is N#CCc1ccc(NCCSc2ccccc2)cc1. The molecule has 0 amide bonds. The molecule has 0 fully saturated rings. The van der Waals surface area contributed by atoms with Gasteiger partial charge >= 0.3 is 0 Å². The van der Waals surface area contributed by atoms with Gasteiger partial charge in [0.05, 0.1) is 12.5 Å².